The van der Waals surface area contributed by atoms with Crippen LogP contribution in [0, 0.1) is 3.57 Å². The standard InChI is InChI=1S/C6H4F3IN2O/c7-6(8,9)13-5-4(10)1-3(11)2-12-5/h1-2H,11H2. The third-order valence-corrected chi connectivity index (χ3v) is 1.81. The average molecular weight is 304 g/mol. The summed E-state index contributed by atoms with van der Waals surface area (Å²) in [6, 6.07) is 1.34. The molecular formula is C6H4F3IN2O. The Hall–Kier alpha value is -0.730. The Morgan fingerprint density at radius 1 is 1.46 bits per heavy atom. The Morgan fingerprint density at radius 3 is 2.54 bits per heavy atom. The molecule has 0 aliphatic rings. The summed E-state index contributed by atoms with van der Waals surface area (Å²) in [6.45, 7) is 0. The van der Waals surface area contributed by atoms with E-state index in [-0.39, 0.29) is 3.57 Å². The number of rotatable bonds is 1. The van der Waals surface area contributed by atoms with Crippen LogP contribution in [0.1, 0.15) is 0 Å². The molecule has 1 rings (SSSR count). The minimum atomic E-state index is -4.72. The van der Waals surface area contributed by atoms with Gasteiger partial charge in [0, 0.05) is 0 Å². The van der Waals surface area contributed by atoms with Gasteiger partial charge in [0.2, 0.25) is 5.88 Å². The van der Waals surface area contributed by atoms with Gasteiger partial charge in [-0.15, -0.1) is 13.2 Å². The third-order valence-electron chi connectivity index (χ3n) is 1.04. The summed E-state index contributed by atoms with van der Waals surface area (Å²) in [7, 11) is 0. The lowest BCUT2D eigenvalue weighted by molar-refractivity contribution is -0.276. The minimum absolute atomic E-state index is 0.218. The number of ether oxygens (including phenoxy) is 1. The molecule has 3 nitrogen and oxygen atoms in total. The van der Waals surface area contributed by atoms with Gasteiger partial charge in [-0.1, -0.05) is 0 Å². The lowest BCUT2D eigenvalue weighted by atomic mass is 10.4. The van der Waals surface area contributed by atoms with Crippen LogP contribution >= 0.6 is 22.6 Å². The second-order valence-electron chi connectivity index (χ2n) is 2.10. The first-order valence-corrected chi connectivity index (χ1v) is 4.13. The SMILES string of the molecule is Nc1cnc(OC(F)(F)F)c(I)c1. The molecule has 0 aromatic carbocycles. The highest BCUT2D eigenvalue weighted by Crippen LogP contribution is 2.26. The first kappa shape index (κ1) is 10.4. The molecule has 7 heteroatoms. The Labute approximate surface area is 85.2 Å². The molecule has 0 radical (unpaired) electrons. The van der Waals surface area contributed by atoms with E-state index in [4.69, 9.17) is 5.73 Å². The Morgan fingerprint density at radius 2 is 2.08 bits per heavy atom. The number of nitrogens with zero attached hydrogens (tertiary/aromatic N) is 1. The van der Waals surface area contributed by atoms with Crippen molar-refractivity contribution in [1.29, 1.82) is 0 Å². The molecule has 1 aromatic rings. The first-order valence-electron chi connectivity index (χ1n) is 3.05. The number of halogens is 4. The highest BCUT2D eigenvalue weighted by molar-refractivity contribution is 14.1. The zero-order valence-corrected chi connectivity index (χ0v) is 8.26. The zero-order chi connectivity index (χ0) is 10.1. The van der Waals surface area contributed by atoms with E-state index in [1.54, 1.807) is 22.6 Å². The van der Waals surface area contributed by atoms with Gasteiger partial charge in [0.1, 0.15) is 0 Å². The Balaban J connectivity index is 2.90. The highest BCUT2D eigenvalue weighted by atomic mass is 127. The molecule has 1 heterocycles. The van der Waals surface area contributed by atoms with Crippen LogP contribution in [0.5, 0.6) is 5.88 Å². The number of alkyl halides is 3. The second kappa shape index (κ2) is 3.56. The molecule has 72 valence electrons. The van der Waals surface area contributed by atoms with Crippen molar-refractivity contribution in [3.8, 4) is 5.88 Å². The third kappa shape index (κ3) is 3.25. The lowest BCUT2D eigenvalue weighted by Gasteiger charge is -2.08. The molecular weight excluding hydrogens is 300 g/mol. The maximum absolute atomic E-state index is 11.7. The molecule has 1 aromatic heterocycles. The van der Waals surface area contributed by atoms with Crippen LogP contribution in [0.2, 0.25) is 0 Å². The van der Waals surface area contributed by atoms with Gasteiger partial charge in [0.05, 0.1) is 15.5 Å². The molecule has 0 bridgehead atoms. The fourth-order valence-electron chi connectivity index (χ4n) is 0.625. The zero-order valence-electron chi connectivity index (χ0n) is 6.10. The van der Waals surface area contributed by atoms with Crippen molar-refractivity contribution in [2.45, 2.75) is 6.36 Å². The fraction of sp³-hybridized carbons (Fsp3) is 0.167. The maximum Gasteiger partial charge on any atom is 0.574 e. The normalized spacial score (nSPS) is 11.4. The number of pyridine rings is 1. The van der Waals surface area contributed by atoms with Gasteiger partial charge in [0.25, 0.3) is 0 Å². The molecule has 0 saturated heterocycles. The second-order valence-corrected chi connectivity index (χ2v) is 3.27. The van der Waals surface area contributed by atoms with Gasteiger partial charge in [-0.3, -0.25) is 0 Å². The molecule has 0 aliphatic heterocycles. The summed E-state index contributed by atoms with van der Waals surface area (Å²) in [5, 5.41) is 0. The molecule has 0 fully saturated rings. The monoisotopic (exact) mass is 304 g/mol. The van der Waals surface area contributed by atoms with E-state index in [1.807, 2.05) is 0 Å². The summed E-state index contributed by atoms with van der Waals surface area (Å²) in [5.74, 6) is -0.484. The van der Waals surface area contributed by atoms with Crippen LogP contribution in [-0.2, 0) is 0 Å². The van der Waals surface area contributed by atoms with Crippen molar-refractivity contribution in [2.75, 3.05) is 5.73 Å². The van der Waals surface area contributed by atoms with Crippen LogP contribution in [0.4, 0.5) is 18.9 Å². The van der Waals surface area contributed by atoms with E-state index in [2.05, 4.69) is 9.72 Å². The minimum Gasteiger partial charge on any atom is -0.397 e. The Kier molecular flexibility index (Phi) is 2.84. The van der Waals surface area contributed by atoms with Gasteiger partial charge < -0.3 is 10.5 Å². The smallest absolute Gasteiger partial charge is 0.397 e. The molecule has 0 atom stereocenters. The van der Waals surface area contributed by atoms with E-state index in [0.29, 0.717) is 5.69 Å². The van der Waals surface area contributed by atoms with E-state index in [0.717, 1.165) is 6.20 Å². The number of nitrogens with two attached hydrogens (primary N) is 1. The number of anilines is 1. The molecule has 0 spiro atoms. The molecule has 13 heavy (non-hydrogen) atoms. The van der Waals surface area contributed by atoms with Crippen molar-refractivity contribution < 1.29 is 17.9 Å². The first-order chi connectivity index (χ1) is 5.88. The van der Waals surface area contributed by atoms with Gasteiger partial charge in [-0.25, -0.2) is 4.98 Å². The van der Waals surface area contributed by atoms with Gasteiger partial charge in [-0.2, -0.15) is 0 Å². The predicted molar refractivity (Wildman–Crippen MR) is 48.0 cm³/mol. The molecule has 0 aliphatic carbocycles. The average Bonchev–Trinajstić information content (AvgIpc) is 1.93. The van der Waals surface area contributed by atoms with Gasteiger partial charge >= 0.3 is 6.36 Å². The van der Waals surface area contributed by atoms with Gasteiger partial charge in [0.15, 0.2) is 0 Å². The quantitative estimate of drug-likeness (QED) is 0.809. The van der Waals surface area contributed by atoms with Gasteiger partial charge in [-0.05, 0) is 28.7 Å². The Bertz CT molecular complexity index is 315. The fourth-order valence-corrected chi connectivity index (χ4v) is 1.23. The highest BCUT2D eigenvalue weighted by Gasteiger charge is 2.32. The van der Waals surface area contributed by atoms with Crippen LogP contribution in [0.3, 0.4) is 0 Å². The van der Waals surface area contributed by atoms with E-state index < -0.39 is 12.2 Å². The molecule has 0 saturated carbocycles. The number of nitrogen functional groups attached to an aromatic ring is 1. The summed E-state index contributed by atoms with van der Waals surface area (Å²) in [6.07, 6.45) is -3.62. The van der Waals surface area contributed by atoms with Crippen LogP contribution in [0.15, 0.2) is 12.3 Å². The van der Waals surface area contributed by atoms with E-state index >= 15 is 0 Å². The van der Waals surface area contributed by atoms with Crippen LogP contribution in [0.25, 0.3) is 0 Å². The number of aromatic nitrogens is 1. The van der Waals surface area contributed by atoms with Crippen LogP contribution in [-0.4, -0.2) is 11.3 Å². The molecule has 0 amide bonds. The topological polar surface area (TPSA) is 48.1 Å². The molecule has 2 N–H and O–H groups in total. The van der Waals surface area contributed by atoms with E-state index in [9.17, 15) is 13.2 Å². The summed E-state index contributed by atoms with van der Waals surface area (Å²) >= 11 is 1.66. The summed E-state index contributed by atoms with van der Waals surface area (Å²) < 4.78 is 39.0. The largest absolute Gasteiger partial charge is 0.574 e. The number of hydrogen-bond donors (Lipinski definition) is 1. The molecule has 0 unspecified atom stereocenters. The van der Waals surface area contributed by atoms with E-state index in [1.165, 1.54) is 6.07 Å². The lowest BCUT2D eigenvalue weighted by Crippen LogP contribution is -2.18. The number of hydrogen-bond acceptors (Lipinski definition) is 3. The summed E-state index contributed by atoms with van der Waals surface area (Å²) in [4.78, 5) is 3.39. The van der Waals surface area contributed by atoms with Crippen molar-refractivity contribution >= 4 is 28.3 Å². The maximum atomic E-state index is 11.7. The van der Waals surface area contributed by atoms with Crippen molar-refractivity contribution in [1.82, 2.24) is 4.98 Å². The van der Waals surface area contributed by atoms with Crippen LogP contribution < -0.4 is 10.5 Å². The van der Waals surface area contributed by atoms with Crippen molar-refractivity contribution in [2.24, 2.45) is 0 Å². The van der Waals surface area contributed by atoms with Crippen molar-refractivity contribution in [3.05, 3.63) is 15.8 Å². The van der Waals surface area contributed by atoms with Crippen molar-refractivity contribution in [3.63, 3.8) is 0 Å². The summed E-state index contributed by atoms with van der Waals surface area (Å²) in [5.41, 5.74) is 5.58. The predicted octanol–water partition coefficient (Wildman–Crippen LogP) is 2.17.